The van der Waals surface area contributed by atoms with E-state index < -0.39 is 0 Å². The molecule has 1 atom stereocenters. The Balaban J connectivity index is 1.32. The predicted octanol–water partition coefficient (Wildman–Crippen LogP) is 4.68. The number of aromatic hydroxyl groups is 1. The average molecular weight is 479 g/mol. The van der Waals surface area contributed by atoms with Crippen molar-refractivity contribution in [3.63, 3.8) is 0 Å². The normalized spacial score (nSPS) is 14.3. The van der Waals surface area contributed by atoms with E-state index in [0.29, 0.717) is 23.1 Å². The molecule has 6 rings (SSSR count). The van der Waals surface area contributed by atoms with E-state index in [0.717, 1.165) is 28.0 Å². The molecule has 0 saturated heterocycles. The lowest BCUT2D eigenvalue weighted by atomic mass is 9.84. The molecule has 0 saturated carbocycles. The van der Waals surface area contributed by atoms with Crippen LogP contribution in [0.25, 0.3) is 5.65 Å². The fourth-order valence-electron chi connectivity index (χ4n) is 4.28. The van der Waals surface area contributed by atoms with E-state index in [1.54, 1.807) is 36.3 Å². The van der Waals surface area contributed by atoms with Crippen LogP contribution in [-0.4, -0.2) is 38.0 Å². The first-order valence-electron chi connectivity index (χ1n) is 11.3. The zero-order chi connectivity index (χ0) is 24.5. The summed E-state index contributed by atoms with van der Waals surface area (Å²) in [5.41, 5.74) is 4.25. The Morgan fingerprint density at radius 1 is 1.08 bits per heavy atom. The lowest BCUT2D eigenvalue weighted by Crippen LogP contribution is -2.14. The maximum Gasteiger partial charge on any atom is 0.228 e. The van der Waals surface area contributed by atoms with Gasteiger partial charge in [-0.3, -0.25) is 0 Å². The molecular weight excluding hydrogens is 458 g/mol. The maximum atomic E-state index is 10.0. The molecule has 5 aromatic rings. The third kappa shape index (κ3) is 3.96. The Bertz CT molecular complexity index is 1570. The molecule has 0 aliphatic carbocycles. The van der Waals surface area contributed by atoms with Crippen molar-refractivity contribution in [2.24, 2.45) is 5.16 Å². The van der Waals surface area contributed by atoms with Crippen molar-refractivity contribution >= 4 is 11.9 Å². The molecule has 0 amide bonds. The van der Waals surface area contributed by atoms with Gasteiger partial charge in [-0.2, -0.15) is 0 Å². The fourth-order valence-corrected chi connectivity index (χ4v) is 4.28. The topological polar surface area (TPSA) is 103 Å². The first kappa shape index (κ1) is 21.6. The zero-order valence-electron chi connectivity index (χ0n) is 19.3. The van der Waals surface area contributed by atoms with Crippen molar-refractivity contribution in [2.75, 3.05) is 7.11 Å². The number of phenolic OH excluding ortho intramolecular Hbond substituents is 1. The van der Waals surface area contributed by atoms with Crippen molar-refractivity contribution in [2.45, 2.75) is 12.5 Å². The molecule has 0 radical (unpaired) electrons. The highest BCUT2D eigenvalue weighted by molar-refractivity contribution is 5.79. The van der Waals surface area contributed by atoms with Crippen molar-refractivity contribution in [3.8, 4) is 23.1 Å². The number of hydrogen-bond acceptors (Lipinski definition) is 8. The fraction of sp³-hybridized carbons (Fsp3) is 0.111. The smallest absolute Gasteiger partial charge is 0.228 e. The molecule has 36 heavy (non-hydrogen) atoms. The number of methoxy groups -OCH3 is 1. The number of oxime groups is 1. The quantitative estimate of drug-likeness (QED) is 0.273. The van der Waals surface area contributed by atoms with E-state index in [9.17, 15) is 5.11 Å². The molecule has 3 aromatic carbocycles. The average Bonchev–Trinajstić information content (AvgIpc) is 3.34. The van der Waals surface area contributed by atoms with Crippen molar-refractivity contribution in [1.82, 2.24) is 19.6 Å². The number of aromatic nitrogens is 4. The highest BCUT2D eigenvalue weighted by Crippen LogP contribution is 2.48. The van der Waals surface area contributed by atoms with E-state index in [2.05, 4.69) is 15.2 Å². The zero-order valence-corrected chi connectivity index (χ0v) is 19.3. The molecule has 9 nitrogen and oxygen atoms in total. The number of ether oxygens (including phenoxy) is 2. The summed E-state index contributed by atoms with van der Waals surface area (Å²) in [6.45, 7) is 0.0877. The van der Waals surface area contributed by atoms with Gasteiger partial charge in [0.15, 0.2) is 18.1 Å². The van der Waals surface area contributed by atoms with Crippen LogP contribution >= 0.6 is 0 Å². The van der Waals surface area contributed by atoms with Crippen LogP contribution in [0.4, 0.5) is 0 Å². The second-order valence-electron chi connectivity index (χ2n) is 8.21. The minimum absolute atomic E-state index is 0.0877. The maximum absolute atomic E-state index is 10.0. The van der Waals surface area contributed by atoms with E-state index in [-0.39, 0.29) is 18.3 Å². The van der Waals surface area contributed by atoms with Crippen LogP contribution in [0.2, 0.25) is 0 Å². The van der Waals surface area contributed by atoms with E-state index in [1.165, 1.54) is 0 Å². The van der Waals surface area contributed by atoms with Crippen molar-refractivity contribution < 1.29 is 19.4 Å². The lowest BCUT2D eigenvalue weighted by Gasteiger charge is -2.27. The van der Waals surface area contributed by atoms with Crippen LogP contribution in [-0.2, 0) is 11.4 Å². The van der Waals surface area contributed by atoms with Crippen LogP contribution in [0.1, 0.15) is 34.0 Å². The van der Waals surface area contributed by atoms with Gasteiger partial charge in [0.2, 0.25) is 5.88 Å². The molecule has 9 heteroatoms. The number of nitrogens with zero attached hydrogens (tertiary/aromatic N) is 5. The van der Waals surface area contributed by atoms with Gasteiger partial charge in [-0.15, -0.1) is 5.10 Å². The molecule has 0 spiro atoms. The summed E-state index contributed by atoms with van der Waals surface area (Å²) in [4.78, 5) is 14.7. The van der Waals surface area contributed by atoms with Crippen molar-refractivity contribution in [1.29, 1.82) is 0 Å². The third-order valence-electron chi connectivity index (χ3n) is 5.95. The van der Waals surface area contributed by atoms with Crippen molar-refractivity contribution in [3.05, 3.63) is 107 Å². The van der Waals surface area contributed by atoms with Gasteiger partial charge >= 0.3 is 0 Å². The third-order valence-corrected chi connectivity index (χ3v) is 5.95. The highest BCUT2D eigenvalue weighted by atomic mass is 16.6. The Labute approximate surface area is 206 Å². The molecule has 1 N–H and O–H groups in total. The molecule has 2 aromatic heterocycles. The minimum Gasteiger partial charge on any atom is -0.508 e. The Morgan fingerprint density at radius 3 is 2.72 bits per heavy atom. The SMILES string of the molecule is COc1ccc(/C=N/OCc2nc3c4c(ncn3n2)Oc2cc(O)ccc2C4c2ccccc2)cc1. The van der Waals surface area contributed by atoms with Gasteiger partial charge < -0.3 is 19.4 Å². The number of phenols is 1. The van der Waals surface area contributed by atoms with Crippen LogP contribution in [0.5, 0.6) is 23.1 Å². The summed E-state index contributed by atoms with van der Waals surface area (Å²) < 4.78 is 12.9. The summed E-state index contributed by atoms with van der Waals surface area (Å²) >= 11 is 0. The van der Waals surface area contributed by atoms with Gasteiger partial charge in [0.1, 0.15) is 23.6 Å². The van der Waals surface area contributed by atoms with Gasteiger partial charge in [0.25, 0.3) is 0 Å². The van der Waals surface area contributed by atoms with E-state index in [4.69, 9.17) is 19.3 Å². The molecule has 1 unspecified atom stereocenters. The van der Waals surface area contributed by atoms with Crippen LogP contribution in [0.3, 0.4) is 0 Å². The first-order chi connectivity index (χ1) is 17.7. The molecule has 0 fully saturated rings. The Kier molecular flexibility index (Phi) is 5.42. The summed E-state index contributed by atoms with van der Waals surface area (Å²) in [5.74, 6) is 2.14. The lowest BCUT2D eigenvalue weighted by molar-refractivity contribution is 0.126. The molecule has 0 bridgehead atoms. The van der Waals surface area contributed by atoms with Crippen LogP contribution in [0.15, 0.2) is 84.3 Å². The predicted molar refractivity (Wildman–Crippen MR) is 132 cm³/mol. The van der Waals surface area contributed by atoms with Gasteiger partial charge in [0.05, 0.1) is 18.9 Å². The second-order valence-corrected chi connectivity index (χ2v) is 8.21. The number of benzene rings is 3. The number of fused-ring (bicyclic) bond motifs is 4. The molecule has 178 valence electrons. The largest absolute Gasteiger partial charge is 0.508 e. The summed E-state index contributed by atoms with van der Waals surface area (Å²) in [7, 11) is 1.62. The van der Waals surface area contributed by atoms with Gasteiger partial charge in [-0.05, 0) is 41.5 Å². The van der Waals surface area contributed by atoms with Crippen LogP contribution in [0, 0.1) is 0 Å². The van der Waals surface area contributed by atoms with E-state index >= 15 is 0 Å². The molecule has 3 heterocycles. The van der Waals surface area contributed by atoms with Gasteiger partial charge in [-0.1, -0.05) is 41.6 Å². The highest BCUT2D eigenvalue weighted by Gasteiger charge is 2.33. The summed E-state index contributed by atoms with van der Waals surface area (Å²) in [5, 5.41) is 18.6. The van der Waals surface area contributed by atoms with Crippen LogP contribution < -0.4 is 9.47 Å². The van der Waals surface area contributed by atoms with Gasteiger partial charge in [-0.25, -0.2) is 14.5 Å². The molecular formula is C27H21N5O4. The Morgan fingerprint density at radius 2 is 1.92 bits per heavy atom. The minimum atomic E-state index is -0.201. The first-order valence-corrected chi connectivity index (χ1v) is 11.3. The number of rotatable bonds is 6. The second kappa shape index (κ2) is 9.03. The van der Waals surface area contributed by atoms with E-state index in [1.807, 2.05) is 60.7 Å². The summed E-state index contributed by atoms with van der Waals surface area (Å²) in [6, 6.07) is 22.6. The summed E-state index contributed by atoms with van der Waals surface area (Å²) in [6.07, 6.45) is 3.17. The Hall–Kier alpha value is -4.92. The molecule has 1 aliphatic rings. The standard InChI is InChI=1S/C27H21N5O4/c1-34-20-10-7-17(8-11-20)14-29-35-15-23-30-26-25-24(18-5-3-2-4-6-18)21-12-9-19(33)13-22(21)36-27(25)28-16-32(26)31-23/h2-14,16,24,33H,15H2,1H3/b29-14+. The number of hydrogen-bond donors (Lipinski definition) is 1. The van der Waals surface area contributed by atoms with Gasteiger partial charge in [0, 0.05) is 17.5 Å². The monoisotopic (exact) mass is 479 g/mol. The molecule has 1 aliphatic heterocycles.